The highest BCUT2D eigenvalue weighted by molar-refractivity contribution is 7.72. The zero-order valence-corrected chi connectivity index (χ0v) is 8.14. The molecule has 1 fully saturated rings. The van der Waals surface area contributed by atoms with E-state index in [0.29, 0.717) is 0 Å². The maximum Gasteiger partial charge on any atom is 0.140 e. The van der Waals surface area contributed by atoms with E-state index in [1.165, 1.54) is 0 Å². The lowest BCUT2D eigenvalue weighted by Crippen LogP contribution is -2.57. The Balaban J connectivity index is 2.50. The van der Waals surface area contributed by atoms with E-state index in [0.717, 1.165) is 19.5 Å². The lowest BCUT2D eigenvalue weighted by atomic mass is 9.78. The summed E-state index contributed by atoms with van der Waals surface area (Å²) in [4.78, 5) is 0. The summed E-state index contributed by atoms with van der Waals surface area (Å²) in [7, 11) is -2.27. The van der Waals surface area contributed by atoms with E-state index in [4.69, 9.17) is 5.73 Å². The van der Waals surface area contributed by atoms with Gasteiger partial charge in [-0.25, -0.2) is 8.42 Å². The molecular weight excluding hydrogens is 176 g/mol. The van der Waals surface area contributed by atoms with Gasteiger partial charge < -0.3 is 11.1 Å². The van der Waals surface area contributed by atoms with Crippen molar-refractivity contribution in [2.75, 3.05) is 18.8 Å². The van der Waals surface area contributed by atoms with Crippen LogP contribution in [0.1, 0.15) is 13.3 Å². The van der Waals surface area contributed by atoms with Crippen LogP contribution in [0.3, 0.4) is 0 Å². The molecule has 1 heterocycles. The highest BCUT2D eigenvalue weighted by atomic mass is 32.2. The Labute approximate surface area is 74.5 Å². The molecule has 1 atom stereocenters. The van der Waals surface area contributed by atoms with Crippen molar-refractivity contribution in [1.29, 1.82) is 0 Å². The number of hydrogen-bond donors (Lipinski definition) is 3. The van der Waals surface area contributed by atoms with Crippen LogP contribution in [-0.4, -0.2) is 33.3 Å². The molecule has 0 amide bonds. The first-order chi connectivity index (χ1) is 5.54. The minimum Gasteiger partial charge on any atom is -0.328 e. The molecule has 4 nitrogen and oxygen atoms in total. The molecule has 0 spiro atoms. The van der Waals surface area contributed by atoms with Gasteiger partial charge in [-0.1, -0.05) is 0 Å². The van der Waals surface area contributed by atoms with E-state index >= 15 is 0 Å². The van der Waals surface area contributed by atoms with Gasteiger partial charge in [0.05, 0.1) is 5.75 Å². The molecule has 0 radical (unpaired) electrons. The van der Waals surface area contributed by atoms with Crippen molar-refractivity contribution in [3.8, 4) is 0 Å². The third-order valence-corrected chi connectivity index (χ3v) is 3.15. The van der Waals surface area contributed by atoms with Gasteiger partial charge in [0.25, 0.3) is 0 Å². The highest BCUT2D eigenvalue weighted by Gasteiger charge is 2.38. The maximum absolute atomic E-state index is 10.6. The van der Waals surface area contributed by atoms with Gasteiger partial charge in [-0.3, -0.25) is 0 Å². The van der Waals surface area contributed by atoms with Crippen molar-refractivity contribution in [3.63, 3.8) is 0 Å². The SMILES string of the molecule is CC(N)CC1(C[SH](=O)=O)CNC1. The van der Waals surface area contributed by atoms with Crippen LogP contribution in [0.15, 0.2) is 0 Å². The molecule has 0 bridgehead atoms. The van der Waals surface area contributed by atoms with Gasteiger partial charge in [0.2, 0.25) is 0 Å². The molecule has 72 valence electrons. The Bertz CT molecular complexity index is 213. The standard InChI is InChI=1S/C7H16N2O2S/c1-6(8)2-7(3-9-4-7)5-12(10)11/h6,9,12H,2-5,8H2,1H3. The molecule has 5 heteroatoms. The van der Waals surface area contributed by atoms with Crippen molar-refractivity contribution in [2.45, 2.75) is 19.4 Å². The van der Waals surface area contributed by atoms with Gasteiger partial charge in [-0.05, 0) is 13.3 Å². The second-order valence-electron chi connectivity index (χ2n) is 3.78. The van der Waals surface area contributed by atoms with Crippen molar-refractivity contribution in [1.82, 2.24) is 5.32 Å². The predicted octanol–water partition coefficient (Wildman–Crippen LogP) is -1.08. The summed E-state index contributed by atoms with van der Waals surface area (Å²) in [5, 5.41) is 3.09. The Morgan fingerprint density at radius 2 is 2.17 bits per heavy atom. The summed E-state index contributed by atoms with van der Waals surface area (Å²) in [6, 6.07) is 0.0852. The van der Waals surface area contributed by atoms with Crippen molar-refractivity contribution in [2.24, 2.45) is 11.1 Å². The van der Waals surface area contributed by atoms with Crippen LogP contribution in [0, 0.1) is 5.41 Å². The van der Waals surface area contributed by atoms with Gasteiger partial charge in [-0.15, -0.1) is 0 Å². The van der Waals surface area contributed by atoms with Gasteiger partial charge in [0, 0.05) is 24.5 Å². The van der Waals surface area contributed by atoms with Crippen molar-refractivity contribution in [3.05, 3.63) is 0 Å². The molecule has 1 aliphatic rings. The monoisotopic (exact) mass is 192 g/mol. The van der Waals surface area contributed by atoms with E-state index in [-0.39, 0.29) is 17.2 Å². The third-order valence-electron chi connectivity index (χ3n) is 2.22. The number of nitrogens with one attached hydrogen (secondary N) is 1. The summed E-state index contributed by atoms with van der Waals surface area (Å²) >= 11 is 0. The summed E-state index contributed by atoms with van der Waals surface area (Å²) in [6.07, 6.45) is 0.795. The minimum absolute atomic E-state index is 0.0661. The van der Waals surface area contributed by atoms with E-state index in [9.17, 15) is 8.42 Å². The topological polar surface area (TPSA) is 72.2 Å². The number of nitrogens with two attached hydrogens (primary N) is 1. The highest BCUT2D eigenvalue weighted by Crippen LogP contribution is 2.28. The number of thiol groups is 1. The van der Waals surface area contributed by atoms with E-state index < -0.39 is 10.7 Å². The number of hydrogen-bond acceptors (Lipinski definition) is 4. The van der Waals surface area contributed by atoms with Crippen LogP contribution < -0.4 is 11.1 Å². The minimum atomic E-state index is -2.27. The third kappa shape index (κ3) is 2.43. The summed E-state index contributed by atoms with van der Waals surface area (Å²) in [5.41, 5.74) is 5.57. The van der Waals surface area contributed by atoms with Crippen LogP contribution in [0.25, 0.3) is 0 Å². The summed E-state index contributed by atoms with van der Waals surface area (Å²) in [5.74, 6) is 0.275. The molecule has 1 saturated heterocycles. The molecular formula is C7H16N2O2S. The predicted molar refractivity (Wildman–Crippen MR) is 48.8 cm³/mol. The zero-order valence-electron chi connectivity index (χ0n) is 7.25. The Morgan fingerprint density at radius 3 is 2.42 bits per heavy atom. The Kier molecular flexibility index (Phi) is 3.09. The van der Waals surface area contributed by atoms with Crippen LogP contribution >= 0.6 is 0 Å². The fourth-order valence-corrected chi connectivity index (χ4v) is 2.66. The van der Waals surface area contributed by atoms with Crippen LogP contribution in [0.2, 0.25) is 0 Å². The normalized spacial score (nSPS) is 23.6. The van der Waals surface area contributed by atoms with E-state index in [2.05, 4.69) is 5.32 Å². The fraction of sp³-hybridized carbons (Fsp3) is 1.00. The number of rotatable bonds is 4. The maximum atomic E-state index is 10.6. The van der Waals surface area contributed by atoms with Crippen molar-refractivity contribution >= 4 is 10.7 Å². The molecule has 0 saturated carbocycles. The van der Waals surface area contributed by atoms with E-state index in [1.54, 1.807) is 0 Å². The molecule has 3 N–H and O–H groups in total. The fourth-order valence-electron chi connectivity index (χ4n) is 1.76. The first-order valence-electron chi connectivity index (χ1n) is 4.12. The second-order valence-corrected chi connectivity index (χ2v) is 4.76. The van der Waals surface area contributed by atoms with Crippen molar-refractivity contribution < 1.29 is 8.42 Å². The molecule has 0 aromatic heterocycles. The Hall–Kier alpha value is -0.130. The lowest BCUT2D eigenvalue weighted by molar-refractivity contribution is 0.174. The molecule has 1 aliphatic heterocycles. The molecule has 0 aromatic carbocycles. The quantitative estimate of drug-likeness (QED) is 0.496. The first-order valence-corrected chi connectivity index (χ1v) is 5.48. The first kappa shape index (κ1) is 9.95. The van der Waals surface area contributed by atoms with Crippen LogP contribution in [0.4, 0.5) is 0 Å². The molecule has 0 aliphatic carbocycles. The molecule has 1 rings (SSSR count). The molecule has 0 aromatic rings. The average Bonchev–Trinajstić information content (AvgIpc) is 1.80. The summed E-state index contributed by atoms with van der Waals surface area (Å²) < 4.78 is 21.1. The Morgan fingerprint density at radius 1 is 1.58 bits per heavy atom. The molecule has 1 unspecified atom stereocenters. The largest absolute Gasteiger partial charge is 0.328 e. The smallest absolute Gasteiger partial charge is 0.140 e. The second kappa shape index (κ2) is 3.72. The van der Waals surface area contributed by atoms with Gasteiger partial charge in [0.15, 0.2) is 0 Å². The lowest BCUT2D eigenvalue weighted by Gasteiger charge is -2.42. The summed E-state index contributed by atoms with van der Waals surface area (Å²) in [6.45, 7) is 3.49. The zero-order chi connectivity index (χ0) is 9.19. The van der Waals surface area contributed by atoms with E-state index in [1.807, 2.05) is 6.92 Å². The van der Waals surface area contributed by atoms with Gasteiger partial charge in [-0.2, -0.15) is 0 Å². The van der Waals surface area contributed by atoms with Gasteiger partial charge >= 0.3 is 0 Å². The van der Waals surface area contributed by atoms with Crippen LogP contribution in [-0.2, 0) is 10.7 Å². The average molecular weight is 192 g/mol. The van der Waals surface area contributed by atoms with Gasteiger partial charge in [0.1, 0.15) is 10.7 Å². The molecule has 12 heavy (non-hydrogen) atoms. The van der Waals surface area contributed by atoms with Crippen LogP contribution in [0.5, 0.6) is 0 Å².